The van der Waals surface area contributed by atoms with Gasteiger partial charge in [-0.25, -0.2) is 4.98 Å². The first-order valence-corrected chi connectivity index (χ1v) is 11.8. The molecule has 5 rings (SSSR count). The van der Waals surface area contributed by atoms with Crippen LogP contribution in [0.3, 0.4) is 0 Å². The zero-order valence-electron chi connectivity index (χ0n) is 19.4. The van der Waals surface area contributed by atoms with Crippen LogP contribution in [0.1, 0.15) is 22.6 Å². The highest BCUT2D eigenvalue weighted by Gasteiger charge is 2.13. The summed E-state index contributed by atoms with van der Waals surface area (Å²) in [6.07, 6.45) is 4.53. The van der Waals surface area contributed by atoms with E-state index in [0.29, 0.717) is 12.1 Å². The van der Waals surface area contributed by atoms with Crippen molar-refractivity contribution in [1.82, 2.24) is 24.8 Å². The number of nitrogens with one attached hydrogen (secondary N) is 1. The van der Waals surface area contributed by atoms with Gasteiger partial charge in [-0.05, 0) is 79.5 Å². The van der Waals surface area contributed by atoms with E-state index in [2.05, 4.69) is 31.9 Å². The number of fused-ring (bicyclic) bond motifs is 1. The quantitative estimate of drug-likeness (QED) is 0.429. The minimum atomic E-state index is -0.0410. The fourth-order valence-corrected chi connectivity index (χ4v) is 4.44. The molecule has 1 fully saturated rings. The zero-order chi connectivity index (χ0) is 23.3. The van der Waals surface area contributed by atoms with Crippen LogP contribution in [0.4, 0.5) is 0 Å². The molecular weight excluding hydrogens is 426 g/mol. The van der Waals surface area contributed by atoms with E-state index in [1.165, 1.54) is 0 Å². The van der Waals surface area contributed by atoms with Crippen molar-refractivity contribution < 1.29 is 9.53 Å². The molecule has 1 aliphatic heterocycles. The number of hydrogen-bond donors (Lipinski definition) is 1. The third kappa shape index (κ3) is 4.85. The predicted octanol–water partition coefficient (Wildman–Crippen LogP) is 3.85. The van der Waals surface area contributed by atoms with E-state index in [-0.39, 0.29) is 5.91 Å². The van der Waals surface area contributed by atoms with E-state index in [0.717, 1.165) is 72.9 Å². The number of aryl methyl sites for hydroxylation is 1. The number of hydrogen-bond acceptors (Lipinski definition) is 5. The molecule has 4 aromatic rings. The Morgan fingerprint density at radius 3 is 2.53 bits per heavy atom. The van der Waals surface area contributed by atoms with Crippen LogP contribution in [0.15, 0.2) is 67.0 Å². The maximum absolute atomic E-state index is 12.6. The maximum Gasteiger partial charge on any atom is 0.251 e. The number of aromatic nitrogens is 3. The number of morpholine rings is 1. The Hall–Kier alpha value is -3.55. The van der Waals surface area contributed by atoms with Crippen LogP contribution in [0.25, 0.3) is 27.8 Å². The molecule has 3 heterocycles. The van der Waals surface area contributed by atoms with E-state index in [1.54, 1.807) is 12.4 Å². The fourth-order valence-electron chi connectivity index (χ4n) is 4.44. The Bertz CT molecular complexity index is 1260. The van der Waals surface area contributed by atoms with Crippen molar-refractivity contribution in [3.63, 3.8) is 0 Å². The number of pyridine rings is 1. The lowest BCUT2D eigenvalue weighted by Crippen LogP contribution is -2.38. The Morgan fingerprint density at radius 2 is 1.76 bits per heavy atom. The predicted molar refractivity (Wildman–Crippen MR) is 133 cm³/mol. The number of imidazole rings is 1. The van der Waals surface area contributed by atoms with Gasteiger partial charge in [-0.1, -0.05) is 6.07 Å². The highest BCUT2D eigenvalue weighted by atomic mass is 16.5. The Balaban J connectivity index is 1.28. The second kappa shape index (κ2) is 10.2. The van der Waals surface area contributed by atoms with Crippen molar-refractivity contribution in [3.8, 4) is 16.8 Å². The van der Waals surface area contributed by atoms with E-state index >= 15 is 0 Å². The van der Waals surface area contributed by atoms with Crippen LogP contribution in [-0.4, -0.2) is 64.7 Å². The number of amides is 1. The molecule has 34 heavy (non-hydrogen) atoms. The fraction of sp³-hybridized carbons (Fsp3) is 0.296. The van der Waals surface area contributed by atoms with Crippen LogP contribution in [0.2, 0.25) is 0 Å². The molecule has 0 aliphatic carbocycles. The molecule has 174 valence electrons. The third-order valence-electron chi connectivity index (χ3n) is 6.26. The second-order valence-corrected chi connectivity index (χ2v) is 8.54. The number of rotatable bonds is 7. The lowest BCUT2D eigenvalue weighted by atomic mass is 10.1. The normalized spacial score (nSPS) is 14.4. The molecular formula is C27H29N5O2. The highest BCUT2D eigenvalue weighted by molar-refractivity contribution is 5.94. The van der Waals surface area contributed by atoms with Crippen molar-refractivity contribution in [2.45, 2.75) is 13.3 Å². The van der Waals surface area contributed by atoms with Gasteiger partial charge in [0.1, 0.15) is 5.82 Å². The topological polar surface area (TPSA) is 72.3 Å². The maximum atomic E-state index is 12.6. The summed E-state index contributed by atoms with van der Waals surface area (Å²) in [5.74, 6) is 0.864. The summed E-state index contributed by atoms with van der Waals surface area (Å²) < 4.78 is 7.51. The molecule has 0 radical (unpaired) electrons. The molecule has 0 atom stereocenters. The Labute approximate surface area is 199 Å². The molecule has 1 aliphatic rings. The monoisotopic (exact) mass is 455 g/mol. The molecule has 1 saturated heterocycles. The van der Waals surface area contributed by atoms with Gasteiger partial charge in [0, 0.05) is 43.3 Å². The van der Waals surface area contributed by atoms with E-state index in [4.69, 9.17) is 9.72 Å². The van der Waals surface area contributed by atoms with E-state index < -0.39 is 0 Å². The standard InChI is InChI=1S/C27H29N5O2/c1-20-30-25-8-5-23(21-9-12-28-13-10-21)19-26(25)32(20)24-6-3-22(4-7-24)27(33)29-11-2-14-31-15-17-34-18-16-31/h3-10,12-13,19H,2,11,14-18H2,1H3,(H,29,33). The minimum Gasteiger partial charge on any atom is -0.379 e. The lowest BCUT2D eigenvalue weighted by molar-refractivity contribution is 0.0374. The van der Waals surface area contributed by atoms with Gasteiger partial charge in [-0.3, -0.25) is 19.2 Å². The molecule has 7 nitrogen and oxygen atoms in total. The van der Waals surface area contributed by atoms with Gasteiger partial charge in [0.2, 0.25) is 0 Å². The van der Waals surface area contributed by atoms with Gasteiger partial charge in [-0.2, -0.15) is 0 Å². The summed E-state index contributed by atoms with van der Waals surface area (Å²) >= 11 is 0. The number of carbonyl (C=O) groups is 1. The summed E-state index contributed by atoms with van der Waals surface area (Å²) in [5, 5.41) is 3.04. The number of ether oxygens (including phenoxy) is 1. The summed E-state index contributed by atoms with van der Waals surface area (Å²) in [7, 11) is 0. The zero-order valence-corrected chi connectivity index (χ0v) is 19.4. The van der Waals surface area contributed by atoms with Crippen molar-refractivity contribution in [3.05, 3.63) is 78.4 Å². The van der Waals surface area contributed by atoms with Crippen molar-refractivity contribution in [2.75, 3.05) is 39.4 Å². The molecule has 0 bridgehead atoms. The first kappa shape index (κ1) is 22.3. The Kier molecular flexibility index (Phi) is 6.65. The molecule has 0 saturated carbocycles. The lowest BCUT2D eigenvalue weighted by Gasteiger charge is -2.26. The molecule has 0 spiro atoms. The number of benzene rings is 2. The van der Waals surface area contributed by atoms with Gasteiger partial charge < -0.3 is 10.1 Å². The smallest absolute Gasteiger partial charge is 0.251 e. The molecule has 1 N–H and O–H groups in total. The summed E-state index contributed by atoms with van der Waals surface area (Å²) in [6.45, 7) is 7.20. The van der Waals surface area contributed by atoms with Crippen molar-refractivity contribution in [2.24, 2.45) is 0 Å². The van der Waals surface area contributed by atoms with Crippen LogP contribution in [0.5, 0.6) is 0 Å². The number of nitrogens with zero attached hydrogens (tertiary/aromatic N) is 4. The van der Waals surface area contributed by atoms with Gasteiger partial charge >= 0.3 is 0 Å². The molecule has 7 heteroatoms. The van der Waals surface area contributed by atoms with Crippen LogP contribution in [-0.2, 0) is 4.74 Å². The first-order valence-electron chi connectivity index (χ1n) is 11.8. The van der Waals surface area contributed by atoms with Crippen LogP contribution >= 0.6 is 0 Å². The van der Waals surface area contributed by atoms with Gasteiger partial charge in [-0.15, -0.1) is 0 Å². The second-order valence-electron chi connectivity index (χ2n) is 8.54. The highest BCUT2D eigenvalue weighted by Crippen LogP contribution is 2.27. The summed E-state index contributed by atoms with van der Waals surface area (Å²) in [6, 6.07) is 18.0. The molecule has 0 unspecified atom stereocenters. The van der Waals surface area contributed by atoms with E-state index in [9.17, 15) is 4.79 Å². The SMILES string of the molecule is Cc1nc2ccc(-c3ccncc3)cc2n1-c1ccc(C(=O)NCCCN2CCOCC2)cc1. The number of carbonyl (C=O) groups excluding carboxylic acids is 1. The first-order chi connectivity index (χ1) is 16.7. The molecule has 2 aromatic heterocycles. The average molecular weight is 456 g/mol. The van der Waals surface area contributed by atoms with Gasteiger partial charge in [0.05, 0.1) is 24.2 Å². The summed E-state index contributed by atoms with van der Waals surface area (Å²) in [5.41, 5.74) is 5.85. The van der Waals surface area contributed by atoms with Crippen LogP contribution in [0, 0.1) is 6.92 Å². The molecule has 1 amide bonds. The molecule has 2 aromatic carbocycles. The summed E-state index contributed by atoms with van der Waals surface area (Å²) in [4.78, 5) is 23.8. The van der Waals surface area contributed by atoms with Crippen molar-refractivity contribution in [1.29, 1.82) is 0 Å². The third-order valence-corrected chi connectivity index (χ3v) is 6.26. The van der Waals surface area contributed by atoms with Gasteiger partial charge in [0.15, 0.2) is 0 Å². The largest absolute Gasteiger partial charge is 0.379 e. The minimum absolute atomic E-state index is 0.0410. The average Bonchev–Trinajstić information content (AvgIpc) is 3.22. The van der Waals surface area contributed by atoms with Crippen LogP contribution < -0.4 is 5.32 Å². The van der Waals surface area contributed by atoms with Crippen molar-refractivity contribution >= 4 is 16.9 Å². The van der Waals surface area contributed by atoms with Gasteiger partial charge in [0.25, 0.3) is 5.91 Å². The Morgan fingerprint density at radius 1 is 1.00 bits per heavy atom. The van der Waals surface area contributed by atoms with E-state index in [1.807, 2.05) is 49.4 Å².